The maximum atomic E-state index is 10.7. The zero-order valence-electron chi connectivity index (χ0n) is 18.5. The molecule has 0 bridgehead atoms. The molecule has 0 aliphatic carbocycles. The van der Waals surface area contributed by atoms with E-state index in [1.165, 1.54) is 5.56 Å². The Morgan fingerprint density at radius 2 is 1.77 bits per heavy atom. The number of hydrogen-bond donors (Lipinski definition) is 2. The van der Waals surface area contributed by atoms with Crippen molar-refractivity contribution in [2.75, 3.05) is 13.2 Å². The molecule has 1 aromatic heterocycles. The number of ether oxygens (including phenoxy) is 1. The molecule has 2 aromatic carbocycles. The number of aryl methyl sites for hydroxylation is 1. The molecule has 0 aliphatic rings. The first-order valence-corrected chi connectivity index (χ1v) is 10.7. The van der Waals surface area contributed by atoms with Crippen molar-refractivity contribution in [3.8, 4) is 11.5 Å². The molecule has 0 saturated carbocycles. The zero-order valence-corrected chi connectivity index (χ0v) is 18.5. The summed E-state index contributed by atoms with van der Waals surface area (Å²) < 4.78 is 5.97. The average molecular weight is 421 g/mol. The van der Waals surface area contributed by atoms with Gasteiger partial charge in [-0.25, -0.2) is 0 Å². The van der Waals surface area contributed by atoms with Gasteiger partial charge in [0, 0.05) is 31.4 Å². The molecule has 1 heterocycles. The molecule has 0 radical (unpaired) electrons. The number of pyridine rings is 1. The van der Waals surface area contributed by atoms with Gasteiger partial charge in [-0.15, -0.1) is 0 Å². The molecule has 0 amide bonds. The second-order valence-corrected chi connectivity index (χ2v) is 8.26. The van der Waals surface area contributed by atoms with Crippen LogP contribution in [0, 0.1) is 6.92 Å². The minimum atomic E-state index is -0.684. The first-order chi connectivity index (χ1) is 14.9. The maximum absolute atomic E-state index is 10.7. The molecule has 164 valence electrons. The molecule has 0 aliphatic heterocycles. The summed E-state index contributed by atoms with van der Waals surface area (Å²) in [7, 11) is 0. The third kappa shape index (κ3) is 6.81. The molecule has 31 heavy (non-hydrogen) atoms. The Morgan fingerprint density at radius 1 is 1.00 bits per heavy atom. The highest BCUT2D eigenvalue weighted by molar-refractivity contribution is 5.37. The summed E-state index contributed by atoms with van der Waals surface area (Å²) in [6, 6.07) is 19.3. The van der Waals surface area contributed by atoms with Crippen LogP contribution in [0.4, 0.5) is 0 Å². The van der Waals surface area contributed by atoms with Gasteiger partial charge in [-0.05, 0) is 48.2 Å². The number of rotatable bonds is 10. The first-order valence-electron chi connectivity index (χ1n) is 10.7. The molecule has 1 atom stereocenters. The summed E-state index contributed by atoms with van der Waals surface area (Å²) in [5, 5.41) is 20.9. The number of nitrogens with zero attached hydrogens (tertiary/aromatic N) is 2. The van der Waals surface area contributed by atoms with Gasteiger partial charge in [0.25, 0.3) is 0 Å². The van der Waals surface area contributed by atoms with E-state index in [1.807, 2.05) is 37.3 Å². The van der Waals surface area contributed by atoms with Crippen molar-refractivity contribution >= 4 is 0 Å². The molecule has 2 N–H and O–H groups in total. The van der Waals surface area contributed by atoms with Crippen molar-refractivity contribution in [1.29, 1.82) is 0 Å². The smallest absolute Gasteiger partial charge is 0.122 e. The Kier molecular flexibility index (Phi) is 8.04. The Morgan fingerprint density at radius 3 is 2.48 bits per heavy atom. The molecule has 1 unspecified atom stereocenters. The number of para-hydroxylation sites is 1. The summed E-state index contributed by atoms with van der Waals surface area (Å²) in [6.45, 7) is 7.97. The molecule has 3 rings (SSSR count). The Hall–Kier alpha value is -2.89. The molecular weight excluding hydrogens is 388 g/mol. The Balaban J connectivity index is 1.67. The fourth-order valence-corrected chi connectivity index (χ4v) is 3.46. The van der Waals surface area contributed by atoms with Crippen LogP contribution in [-0.2, 0) is 13.1 Å². The van der Waals surface area contributed by atoms with E-state index in [2.05, 4.69) is 41.9 Å². The lowest BCUT2D eigenvalue weighted by Gasteiger charge is -2.25. The van der Waals surface area contributed by atoms with Crippen molar-refractivity contribution < 1.29 is 14.9 Å². The summed E-state index contributed by atoms with van der Waals surface area (Å²) in [5.74, 6) is 1.47. The number of aromatic hydroxyl groups is 1. The standard InChI is InChI=1S/C26H32N2O3/c1-19(2)21-12-11-20(3)26(14-21)31-18-24(29)17-28(16-23-9-6-7-13-27-23)15-22-8-4-5-10-25(22)30/h4-14,19,24,29-30H,15-18H2,1-3H3. The monoisotopic (exact) mass is 420 g/mol. The second-order valence-electron chi connectivity index (χ2n) is 8.26. The lowest BCUT2D eigenvalue weighted by molar-refractivity contribution is 0.0619. The van der Waals surface area contributed by atoms with Crippen LogP contribution < -0.4 is 4.74 Å². The van der Waals surface area contributed by atoms with Crippen molar-refractivity contribution in [1.82, 2.24) is 9.88 Å². The summed E-state index contributed by atoms with van der Waals surface area (Å²) >= 11 is 0. The number of benzene rings is 2. The number of aliphatic hydroxyl groups is 1. The van der Waals surface area contributed by atoms with Crippen LogP contribution in [-0.4, -0.2) is 39.4 Å². The van der Waals surface area contributed by atoms with Crippen LogP contribution in [0.5, 0.6) is 11.5 Å². The minimum Gasteiger partial charge on any atom is -0.508 e. The summed E-state index contributed by atoms with van der Waals surface area (Å²) in [4.78, 5) is 6.48. The van der Waals surface area contributed by atoms with Crippen molar-refractivity contribution in [3.63, 3.8) is 0 Å². The van der Waals surface area contributed by atoms with Gasteiger partial charge in [-0.1, -0.05) is 50.2 Å². The van der Waals surface area contributed by atoms with Gasteiger partial charge in [-0.3, -0.25) is 9.88 Å². The topological polar surface area (TPSA) is 65.8 Å². The average Bonchev–Trinajstić information content (AvgIpc) is 2.75. The van der Waals surface area contributed by atoms with E-state index in [0.29, 0.717) is 25.6 Å². The van der Waals surface area contributed by atoms with Gasteiger partial charge in [0.05, 0.1) is 5.69 Å². The fourth-order valence-electron chi connectivity index (χ4n) is 3.46. The van der Waals surface area contributed by atoms with E-state index in [0.717, 1.165) is 22.6 Å². The predicted octanol–water partition coefficient (Wildman–Crippen LogP) is 4.66. The lowest BCUT2D eigenvalue weighted by Crippen LogP contribution is -2.35. The summed E-state index contributed by atoms with van der Waals surface area (Å²) in [5.41, 5.74) is 3.99. The van der Waals surface area contributed by atoms with E-state index < -0.39 is 6.10 Å². The number of phenols is 1. The van der Waals surface area contributed by atoms with Crippen LogP contribution in [0.1, 0.15) is 42.1 Å². The lowest BCUT2D eigenvalue weighted by atomic mass is 10.0. The number of aromatic nitrogens is 1. The van der Waals surface area contributed by atoms with E-state index in [-0.39, 0.29) is 12.4 Å². The third-order valence-corrected chi connectivity index (χ3v) is 5.28. The Labute approximate surface area is 185 Å². The molecule has 5 nitrogen and oxygen atoms in total. The van der Waals surface area contributed by atoms with E-state index in [9.17, 15) is 10.2 Å². The quantitative estimate of drug-likeness (QED) is 0.499. The minimum absolute atomic E-state index is 0.196. The molecule has 3 aromatic rings. The largest absolute Gasteiger partial charge is 0.508 e. The Bertz CT molecular complexity index is 960. The molecule has 5 heteroatoms. The van der Waals surface area contributed by atoms with Gasteiger partial charge in [-0.2, -0.15) is 0 Å². The van der Waals surface area contributed by atoms with Crippen LogP contribution in [0.15, 0.2) is 66.9 Å². The predicted molar refractivity (Wildman–Crippen MR) is 123 cm³/mol. The van der Waals surface area contributed by atoms with E-state index >= 15 is 0 Å². The number of phenolic OH excluding ortho intramolecular Hbond substituents is 1. The van der Waals surface area contributed by atoms with Crippen molar-refractivity contribution in [2.24, 2.45) is 0 Å². The molecule has 0 fully saturated rings. The van der Waals surface area contributed by atoms with Crippen LogP contribution in [0.3, 0.4) is 0 Å². The van der Waals surface area contributed by atoms with Crippen molar-refractivity contribution in [3.05, 3.63) is 89.2 Å². The van der Waals surface area contributed by atoms with Crippen LogP contribution in [0.2, 0.25) is 0 Å². The van der Waals surface area contributed by atoms with Crippen LogP contribution >= 0.6 is 0 Å². The molecule has 0 saturated heterocycles. The van der Waals surface area contributed by atoms with Gasteiger partial charge in [0.15, 0.2) is 0 Å². The van der Waals surface area contributed by atoms with Gasteiger partial charge in [0.2, 0.25) is 0 Å². The van der Waals surface area contributed by atoms with Gasteiger partial charge in [0.1, 0.15) is 24.2 Å². The zero-order chi connectivity index (χ0) is 22.2. The van der Waals surface area contributed by atoms with Crippen LogP contribution in [0.25, 0.3) is 0 Å². The SMILES string of the molecule is Cc1ccc(C(C)C)cc1OCC(O)CN(Cc1ccccn1)Cc1ccccc1O. The van der Waals surface area contributed by atoms with Crippen molar-refractivity contribution in [2.45, 2.75) is 45.9 Å². The highest BCUT2D eigenvalue weighted by Crippen LogP contribution is 2.24. The highest BCUT2D eigenvalue weighted by Gasteiger charge is 2.16. The number of hydrogen-bond acceptors (Lipinski definition) is 5. The molecule has 0 spiro atoms. The van der Waals surface area contributed by atoms with Gasteiger partial charge >= 0.3 is 0 Å². The third-order valence-electron chi connectivity index (χ3n) is 5.28. The number of aliphatic hydroxyl groups excluding tert-OH is 1. The fraction of sp³-hybridized carbons (Fsp3) is 0.346. The van der Waals surface area contributed by atoms with Gasteiger partial charge < -0.3 is 14.9 Å². The highest BCUT2D eigenvalue weighted by atomic mass is 16.5. The maximum Gasteiger partial charge on any atom is 0.122 e. The normalized spacial score (nSPS) is 12.3. The second kappa shape index (κ2) is 10.9. The van der Waals surface area contributed by atoms with E-state index in [1.54, 1.807) is 18.3 Å². The van der Waals surface area contributed by atoms with E-state index in [4.69, 9.17) is 4.74 Å². The first kappa shape index (κ1) is 22.8. The summed E-state index contributed by atoms with van der Waals surface area (Å²) in [6.07, 6.45) is 1.08. The molecular formula is C26H32N2O3.